The first-order valence-corrected chi connectivity index (χ1v) is 8.39. The number of ether oxygens (including phenoxy) is 2. The molecule has 0 saturated carbocycles. The van der Waals surface area contributed by atoms with E-state index in [1.807, 2.05) is 40.8 Å². The average molecular weight is 329 g/mol. The summed E-state index contributed by atoms with van der Waals surface area (Å²) in [7, 11) is 1.72. The van der Waals surface area contributed by atoms with Crippen LogP contribution in [0.5, 0.6) is 0 Å². The highest BCUT2D eigenvalue weighted by Gasteiger charge is 2.51. The van der Waals surface area contributed by atoms with Crippen LogP contribution in [0, 0.1) is 18.3 Å². The zero-order valence-corrected chi connectivity index (χ0v) is 14.2. The number of carbonyl (C=O) groups excluding carboxylic acids is 1. The van der Waals surface area contributed by atoms with Crippen molar-refractivity contribution in [1.82, 2.24) is 14.3 Å². The van der Waals surface area contributed by atoms with E-state index in [2.05, 4.69) is 4.98 Å². The third-order valence-electron chi connectivity index (χ3n) is 5.45. The van der Waals surface area contributed by atoms with Crippen LogP contribution in [0.15, 0.2) is 24.5 Å². The van der Waals surface area contributed by atoms with E-state index in [0.29, 0.717) is 25.6 Å². The molecule has 0 aliphatic carbocycles. The Morgan fingerprint density at radius 1 is 1.54 bits per heavy atom. The predicted octanol–water partition coefficient (Wildman–Crippen LogP) is 1.31. The van der Waals surface area contributed by atoms with Gasteiger partial charge in [-0.05, 0) is 18.6 Å². The molecule has 2 atom stereocenters. The molecule has 4 rings (SSSR count). The normalized spacial score (nSPS) is 26.2. The summed E-state index contributed by atoms with van der Waals surface area (Å²) in [5.41, 5.74) is 2.94. The molecule has 1 amide bonds. The van der Waals surface area contributed by atoms with E-state index in [9.17, 15) is 4.79 Å². The molecule has 2 aromatic rings. The number of likely N-dealkylation sites (tertiary alicyclic amines) is 1. The summed E-state index contributed by atoms with van der Waals surface area (Å²) in [5.74, 6) is 0.536. The molecule has 4 heterocycles. The lowest BCUT2D eigenvalue weighted by Gasteiger charge is -2.26. The van der Waals surface area contributed by atoms with Crippen molar-refractivity contribution in [2.24, 2.45) is 11.3 Å². The van der Waals surface area contributed by atoms with E-state index in [1.54, 1.807) is 7.11 Å². The van der Waals surface area contributed by atoms with Crippen LogP contribution in [-0.2, 0) is 20.7 Å². The first-order chi connectivity index (χ1) is 11.6. The van der Waals surface area contributed by atoms with E-state index in [4.69, 9.17) is 9.47 Å². The number of carbonyl (C=O) groups is 1. The summed E-state index contributed by atoms with van der Waals surface area (Å²) < 4.78 is 13.1. The van der Waals surface area contributed by atoms with Crippen molar-refractivity contribution in [2.45, 2.75) is 13.3 Å². The average Bonchev–Trinajstić information content (AvgIpc) is 3.21. The Labute approximate surface area is 141 Å². The summed E-state index contributed by atoms with van der Waals surface area (Å²) in [4.78, 5) is 19.2. The molecule has 2 saturated heterocycles. The molecule has 0 N–H and O–H groups in total. The second-order valence-corrected chi connectivity index (χ2v) is 7.09. The van der Waals surface area contributed by atoms with E-state index in [1.165, 1.54) is 0 Å². The molecular formula is C18H23N3O3. The Bertz CT molecular complexity index is 772. The molecule has 24 heavy (non-hydrogen) atoms. The summed E-state index contributed by atoms with van der Waals surface area (Å²) >= 11 is 0. The van der Waals surface area contributed by atoms with Crippen LogP contribution in [0.4, 0.5) is 0 Å². The second kappa shape index (κ2) is 5.86. The minimum absolute atomic E-state index is 0.0273. The van der Waals surface area contributed by atoms with Crippen molar-refractivity contribution in [2.75, 3.05) is 40.0 Å². The SMILES string of the molecule is COC[C@@]12COC[C@@H]1CN(C(=O)Cc1cnc3c(C)cccn13)C2. The number of aryl methyl sites for hydroxylation is 1. The van der Waals surface area contributed by atoms with Gasteiger partial charge in [-0.1, -0.05) is 6.07 Å². The lowest BCUT2D eigenvalue weighted by atomic mass is 9.82. The molecule has 6 nitrogen and oxygen atoms in total. The van der Waals surface area contributed by atoms with Crippen LogP contribution in [-0.4, -0.2) is 60.2 Å². The Balaban J connectivity index is 1.52. The molecule has 2 aliphatic rings. The maximum atomic E-state index is 12.8. The minimum Gasteiger partial charge on any atom is -0.384 e. The fourth-order valence-electron chi connectivity index (χ4n) is 4.11. The number of hydrogen-bond acceptors (Lipinski definition) is 4. The van der Waals surface area contributed by atoms with Crippen molar-refractivity contribution in [3.63, 3.8) is 0 Å². The Hall–Kier alpha value is -1.92. The van der Waals surface area contributed by atoms with Gasteiger partial charge in [0.2, 0.25) is 5.91 Å². The van der Waals surface area contributed by atoms with E-state index < -0.39 is 0 Å². The highest BCUT2D eigenvalue weighted by molar-refractivity contribution is 5.79. The summed E-state index contributed by atoms with van der Waals surface area (Å²) in [5, 5.41) is 0. The van der Waals surface area contributed by atoms with E-state index in [-0.39, 0.29) is 11.3 Å². The lowest BCUT2D eigenvalue weighted by Crippen LogP contribution is -2.37. The summed E-state index contributed by atoms with van der Waals surface area (Å²) in [6.07, 6.45) is 4.16. The molecule has 0 spiro atoms. The third-order valence-corrected chi connectivity index (χ3v) is 5.45. The first kappa shape index (κ1) is 15.6. The van der Waals surface area contributed by atoms with E-state index in [0.717, 1.165) is 36.6 Å². The Morgan fingerprint density at radius 3 is 3.25 bits per heavy atom. The van der Waals surface area contributed by atoms with Crippen LogP contribution >= 0.6 is 0 Å². The number of amides is 1. The molecule has 0 unspecified atom stereocenters. The highest BCUT2D eigenvalue weighted by Crippen LogP contribution is 2.41. The van der Waals surface area contributed by atoms with Gasteiger partial charge < -0.3 is 18.8 Å². The standard InChI is InChI=1S/C18H23N3O3/c1-13-4-3-5-21-15(7-19-17(13)21)6-16(22)20-8-14-9-24-12-18(14,10-20)11-23-2/h3-5,7,14H,6,8-12H2,1-2H3/t14-,18-/m0/s1. The van der Waals surface area contributed by atoms with Crippen molar-refractivity contribution in [3.8, 4) is 0 Å². The molecule has 128 valence electrons. The molecule has 0 bridgehead atoms. The smallest absolute Gasteiger partial charge is 0.228 e. The molecule has 2 fully saturated rings. The largest absolute Gasteiger partial charge is 0.384 e. The highest BCUT2D eigenvalue weighted by atomic mass is 16.5. The number of nitrogens with zero attached hydrogens (tertiary/aromatic N) is 3. The van der Waals surface area contributed by atoms with Gasteiger partial charge in [-0.2, -0.15) is 0 Å². The number of hydrogen-bond donors (Lipinski definition) is 0. The van der Waals surface area contributed by atoms with Gasteiger partial charge >= 0.3 is 0 Å². The summed E-state index contributed by atoms with van der Waals surface area (Å²) in [6, 6.07) is 4.02. The molecular weight excluding hydrogens is 306 g/mol. The van der Waals surface area contributed by atoms with Gasteiger partial charge in [0.1, 0.15) is 5.65 Å². The predicted molar refractivity (Wildman–Crippen MR) is 88.8 cm³/mol. The monoisotopic (exact) mass is 329 g/mol. The van der Waals surface area contributed by atoms with Gasteiger partial charge in [0, 0.05) is 43.9 Å². The number of aromatic nitrogens is 2. The minimum atomic E-state index is -0.0273. The molecule has 0 radical (unpaired) electrons. The fraction of sp³-hybridized carbons (Fsp3) is 0.556. The van der Waals surface area contributed by atoms with Crippen molar-refractivity contribution < 1.29 is 14.3 Å². The van der Waals surface area contributed by atoms with Crippen LogP contribution in [0.25, 0.3) is 5.65 Å². The summed E-state index contributed by atoms with van der Waals surface area (Å²) in [6.45, 7) is 5.57. The second-order valence-electron chi connectivity index (χ2n) is 7.09. The molecule has 6 heteroatoms. The van der Waals surface area contributed by atoms with E-state index >= 15 is 0 Å². The first-order valence-electron chi connectivity index (χ1n) is 8.39. The maximum Gasteiger partial charge on any atom is 0.228 e. The Kier molecular flexibility index (Phi) is 3.81. The van der Waals surface area contributed by atoms with Gasteiger partial charge in [-0.3, -0.25) is 4.79 Å². The fourth-order valence-corrected chi connectivity index (χ4v) is 4.11. The van der Waals surface area contributed by atoms with Crippen molar-refractivity contribution in [1.29, 1.82) is 0 Å². The third kappa shape index (κ3) is 2.41. The van der Waals surface area contributed by atoms with Crippen molar-refractivity contribution in [3.05, 3.63) is 35.8 Å². The number of rotatable bonds is 4. The molecule has 2 aliphatic heterocycles. The van der Waals surface area contributed by atoms with Gasteiger partial charge in [-0.15, -0.1) is 0 Å². The van der Waals surface area contributed by atoms with Crippen molar-refractivity contribution >= 4 is 11.6 Å². The maximum absolute atomic E-state index is 12.8. The number of pyridine rings is 1. The van der Waals surface area contributed by atoms with Gasteiger partial charge in [0.25, 0.3) is 0 Å². The molecule has 2 aromatic heterocycles. The lowest BCUT2D eigenvalue weighted by molar-refractivity contribution is -0.130. The molecule has 0 aromatic carbocycles. The van der Waals surface area contributed by atoms with Crippen LogP contribution < -0.4 is 0 Å². The number of imidazole rings is 1. The van der Waals surface area contributed by atoms with Gasteiger partial charge in [-0.25, -0.2) is 4.98 Å². The number of methoxy groups -OCH3 is 1. The Morgan fingerprint density at radius 2 is 2.42 bits per heavy atom. The van der Waals surface area contributed by atoms with Gasteiger partial charge in [0.05, 0.1) is 31.9 Å². The quantitative estimate of drug-likeness (QED) is 0.849. The number of fused-ring (bicyclic) bond motifs is 2. The van der Waals surface area contributed by atoms with Crippen LogP contribution in [0.3, 0.4) is 0 Å². The van der Waals surface area contributed by atoms with Crippen LogP contribution in [0.1, 0.15) is 11.3 Å². The van der Waals surface area contributed by atoms with Gasteiger partial charge in [0.15, 0.2) is 0 Å². The van der Waals surface area contributed by atoms with Crippen LogP contribution in [0.2, 0.25) is 0 Å². The topological polar surface area (TPSA) is 56.1 Å². The zero-order valence-electron chi connectivity index (χ0n) is 14.2. The zero-order chi connectivity index (χ0) is 16.7.